The van der Waals surface area contributed by atoms with Gasteiger partial charge in [0.1, 0.15) is 12.6 Å². The minimum absolute atomic E-state index is 0.162. The summed E-state index contributed by atoms with van der Waals surface area (Å²) in [5.74, 6) is 3.13. The number of rotatable bonds is 9. The molecule has 0 fully saturated rings. The largest absolute Gasteiger partial charge is 0.490 e. The molecule has 1 N–H and O–H groups in total. The van der Waals surface area contributed by atoms with Gasteiger partial charge in [-0.2, -0.15) is 4.98 Å². The second kappa shape index (κ2) is 10.6. The molecule has 7 nitrogen and oxygen atoms in total. The SMILES string of the molecule is CCCSc1nc2n(n1)C(c1ccc(OCc3ccccc3)c(OCC)c1)C1=C(CCCC1=O)N2. The van der Waals surface area contributed by atoms with Crippen LogP contribution in [0.3, 0.4) is 0 Å². The van der Waals surface area contributed by atoms with Gasteiger partial charge >= 0.3 is 0 Å². The van der Waals surface area contributed by atoms with Gasteiger partial charge in [0.25, 0.3) is 0 Å². The Morgan fingerprint density at radius 2 is 1.94 bits per heavy atom. The Morgan fingerprint density at radius 1 is 1.09 bits per heavy atom. The van der Waals surface area contributed by atoms with E-state index in [2.05, 4.69) is 12.2 Å². The molecule has 8 heteroatoms. The highest BCUT2D eigenvalue weighted by molar-refractivity contribution is 7.99. The number of Topliss-reactive ketones (excluding diaryl/α,β-unsaturated/α-hetero) is 1. The fourth-order valence-corrected chi connectivity index (χ4v) is 5.20. The summed E-state index contributed by atoms with van der Waals surface area (Å²) in [6.07, 6.45) is 3.27. The number of aromatic nitrogens is 3. The first-order chi connectivity index (χ1) is 17.2. The molecule has 2 aliphatic rings. The van der Waals surface area contributed by atoms with Crippen LogP contribution in [0.4, 0.5) is 5.95 Å². The summed E-state index contributed by atoms with van der Waals surface area (Å²) in [4.78, 5) is 17.8. The molecule has 1 aromatic heterocycles. The lowest BCUT2D eigenvalue weighted by molar-refractivity contribution is -0.116. The van der Waals surface area contributed by atoms with Crippen molar-refractivity contribution < 1.29 is 14.3 Å². The molecule has 0 spiro atoms. The van der Waals surface area contributed by atoms with Gasteiger partial charge in [0, 0.05) is 23.4 Å². The molecule has 35 heavy (non-hydrogen) atoms. The number of fused-ring (bicyclic) bond motifs is 1. The van der Waals surface area contributed by atoms with Crippen molar-refractivity contribution in [1.82, 2.24) is 14.8 Å². The maximum absolute atomic E-state index is 13.1. The van der Waals surface area contributed by atoms with Crippen molar-refractivity contribution in [3.63, 3.8) is 0 Å². The zero-order valence-corrected chi connectivity index (χ0v) is 20.9. The van der Waals surface area contributed by atoms with Crippen LogP contribution in [0.15, 0.2) is 65.0 Å². The third-order valence-electron chi connectivity index (χ3n) is 6.10. The average Bonchev–Trinajstić information content (AvgIpc) is 3.29. The minimum atomic E-state index is -0.347. The summed E-state index contributed by atoms with van der Waals surface area (Å²) < 4.78 is 13.9. The number of nitrogens with one attached hydrogen (secondary N) is 1. The molecular formula is C27H30N4O3S. The Hall–Kier alpha value is -3.26. The van der Waals surface area contributed by atoms with Crippen molar-refractivity contribution in [2.75, 3.05) is 17.7 Å². The van der Waals surface area contributed by atoms with E-state index < -0.39 is 0 Å². The fraction of sp³-hybridized carbons (Fsp3) is 0.370. The third kappa shape index (κ3) is 4.93. The average molecular weight is 491 g/mol. The molecule has 1 aliphatic heterocycles. The smallest absolute Gasteiger partial charge is 0.227 e. The van der Waals surface area contributed by atoms with Gasteiger partial charge in [0.05, 0.1) is 6.61 Å². The van der Waals surface area contributed by atoms with E-state index >= 15 is 0 Å². The van der Waals surface area contributed by atoms with E-state index in [1.807, 2.05) is 60.1 Å². The topological polar surface area (TPSA) is 78.3 Å². The number of anilines is 1. The zero-order chi connectivity index (χ0) is 24.2. The molecule has 5 rings (SSSR count). The van der Waals surface area contributed by atoms with Crippen LogP contribution in [0.25, 0.3) is 0 Å². The predicted octanol–water partition coefficient (Wildman–Crippen LogP) is 5.78. The standard InChI is InChI=1S/C27H30N4O3S/c1-3-15-35-27-29-26-28-20-11-8-12-21(32)24(20)25(31(26)30-27)19-13-14-22(23(16-19)33-4-2)34-17-18-9-6-5-7-10-18/h5-7,9-10,13-14,16,25H,3-4,8,11-12,15,17H2,1-2H3,(H,28,29,30). The van der Waals surface area contributed by atoms with E-state index in [0.29, 0.717) is 37.1 Å². The molecule has 0 radical (unpaired) electrons. The van der Waals surface area contributed by atoms with Gasteiger partial charge < -0.3 is 14.8 Å². The second-order valence-electron chi connectivity index (χ2n) is 8.62. The van der Waals surface area contributed by atoms with E-state index in [-0.39, 0.29) is 11.8 Å². The quantitative estimate of drug-likeness (QED) is 0.381. The lowest BCUT2D eigenvalue weighted by Gasteiger charge is -2.32. The first-order valence-corrected chi connectivity index (χ1v) is 13.2. The van der Waals surface area contributed by atoms with Gasteiger partial charge in [0.2, 0.25) is 11.1 Å². The lowest BCUT2D eigenvalue weighted by atomic mass is 9.85. The Balaban J connectivity index is 1.52. The molecule has 182 valence electrons. The Labute approximate surface area is 209 Å². The molecule has 3 aromatic rings. The van der Waals surface area contributed by atoms with Gasteiger partial charge in [-0.25, -0.2) is 4.68 Å². The van der Waals surface area contributed by atoms with Gasteiger partial charge in [-0.05, 0) is 49.4 Å². The lowest BCUT2D eigenvalue weighted by Crippen LogP contribution is -2.31. The molecule has 2 heterocycles. The number of thioether (sulfide) groups is 1. The van der Waals surface area contributed by atoms with Crippen LogP contribution in [0.1, 0.15) is 56.7 Å². The molecule has 0 saturated carbocycles. The van der Waals surface area contributed by atoms with Gasteiger partial charge in [-0.15, -0.1) is 5.10 Å². The Morgan fingerprint density at radius 3 is 2.74 bits per heavy atom. The van der Waals surface area contributed by atoms with Crippen molar-refractivity contribution in [2.24, 2.45) is 0 Å². The number of carbonyl (C=O) groups excluding carboxylic acids is 1. The predicted molar refractivity (Wildman–Crippen MR) is 137 cm³/mol. The Bertz CT molecular complexity index is 1240. The number of benzene rings is 2. The van der Waals surface area contributed by atoms with E-state index in [0.717, 1.165) is 52.6 Å². The molecule has 0 amide bonds. The molecular weight excluding hydrogens is 460 g/mol. The maximum atomic E-state index is 13.1. The molecule has 0 bridgehead atoms. The highest BCUT2D eigenvalue weighted by atomic mass is 32.2. The van der Waals surface area contributed by atoms with Crippen LogP contribution in [-0.2, 0) is 11.4 Å². The summed E-state index contributed by atoms with van der Waals surface area (Å²) in [5.41, 5.74) is 3.76. The van der Waals surface area contributed by atoms with Crippen molar-refractivity contribution in [3.05, 3.63) is 70.9 Å². The van der Waals surface area contributed by atoms with E-state index in [9.17, 15) is 4.79 Å². The number of nitrogens with zero attached hydrogens (tertiary/aromatic N) is 3. The Kier molecular flexibility index (Phi) is 7.08. The van der Waals surface area contributed by atoms with Crippen molar-refractivity contribution in [3.8, 4) is 11.5 Å². The number of hydrogen-bond acceptors (Lipinski definition) is 7. The van der Waals surface area contributed by atoms with Crippen LogP contribution >= 0.6 is 11.8 Å². The first-order valence-electron chi connectivity index (χ1n) is 12.2. The number of ether oxygens (including phenoxy) is 2. The molecule has 0 saturated heterocycles. The number of carbonyl (C=O) groups is 1. The molecule has 2 aromatic carbocycles. The number of allylic oxidation sites excluding steroid dienone is 2. The molecule has 1 unspecified atom stereocenters. The first kappa shape index (κ1) is 23.5. The van der Waals surface area contributed by atoms with Crippen molar-refractivity contribution >= 4 is 23.5 Å². The number of ketones is 1. The summed E-state index contributed by atoms with van der Waals surface area (Å²) in [6, 6.07) is 15.6. The van der Waals surface area contributed by atoms with Crippen molar-refractivity contribution in [1.29, 1.82) is 0 Å². The highest BCUT2D eigenvalue weighted by Gasteiger charge is 2.37. The van der Waals surface area contributed by atoms with Gasteiger partial charge in [-0.3, -0.25) is 4.79 Å². The summed E-state index contributed by atoms with van der Waals surface area (Å²) in [5, 5.41) is 8.91. The van der Waals surface area contributed by atoms with Gasteiger partial charge in [-0.1, -0.05) is 55.1 Å². The minimum Gasteiger partial charge on any atom is -0.490 e. The van der Waals surface area contributed by atoms with Crippen molar-refractivity contribution in [2.45, 2.75) is 57.3 Å². The van der Waals surface area contributed by atoms with Gasteiger partial charge in [0.15, 0.2) is 17.3 Å². The number of hydrogen-bond donors (Lipinski definition) is 1. The normalized spacial score (nSPS) is 17.0. The summed E-state index contributed by atoms with van der Waals surface area (Å²) in [6.45, 7) is 5.05. The van der Waals surface area contributed by atoms with E-state index in [1.54, 1.807) is 11.8 Å². The van der Waals surface area contributed by atoms with Crippen LogP contribution < -0.4 is 14.8 Å². The fourth-order valence-electron chi connectivity index (χ4n) is 4.52. The maximum Gasteiger partial charge on any atom is 0.227 e. The van der Waals surface area contributed by atoms with E-state index in [4.69, 9.17) is 19.6 Å². The molecule has 1 aliphatic carbocycles. The monoisotopic (exact) mass is 490 g/mol. The van der Waals surface area contributed by atoms with E-state index in [1.165, 1.54) is 0 Å². The summed E-state index contributed by atoms with van der Waals surface area (Å²) in [7, 11) is 0. The highest BCUT2D eigenvalue weighted by Crippen LogP contribution is 2.42. The van der Waals surface area contributed by atoms with Crippen LogP contribution in [0.2, 0.25) is 0 Å². The molecule has 1 atom stereocenters. The zero-order valence-electron chi connectivity index (χ0n) is 20.1. The summed E-state index contributed by atoms with van der Waals surface area (Å²) >= 11 is 1.63. The second-order valence-corrected chi connectivity index (χ2v) is 9.68. The van der Waals surface area contributed by atoms with Crippen LogP contribution in [-0.4, -0.2) is 32.9 Å². The van der Waals surface area contributed by atoms with Crippen LogP contribution in [0.5, 0.6) is 11.5 Å². The van der Waals surface area contributed by atoms with Crippen LogP contribution in [0, 0.1) is 0 Å². The third-order valence-corrected chi connectivity index (χ3v) is 7.15.